The average Bonchev–Trinajstić information content (AvgIpc) is 3.34. The van der Waals surface area contributed by atoms with Crippen molar-refractivity contribution in [1.29, 1.82) is 0 Å². The van der Waals surface area contributed by atoms with Crippen LogP contribution in [0, 0.1) is 0 Å². The van der Waals surface area contributed by atoms with Crippen molar-refractivity contribution in [3.8, 4) is 0 Å². The maximum Gasteiger partial charge on any atom is 0.289 e. The molecule has 2 aliphatic rings. The second-order valence-corrected chi connectivity index (χ2v) is 7.33. The van der Waals surface area contributed by atoms with Crippen molar-refractivity contribution >= 4 is 16.9 Å². The molecule has 4 heteroatoms. The number of hydrogen-bond acceptors (Lipinski definition) is 3. The summed E-state index contributed by atoms with van der Waals surface area (Å²) in [4.78, 5) is 17.3. The number of amides is 1. The quantitative estimate of drug-likeness (QED) is 0.710. The number of nitrogens with zero attached hydrogens (tertiary/aromatic N) is 2. The van der Waals surface area contributed by atoms with Crippen LogP contribution in [0.4, 0.5) is 0 Å². The van der Waals surface area contributed by atoms with Gasteiger partial charge in [-0.05, 0) is 36.1 Å². The maximum absolute atomic E-state index is 12.9. The Morgan fingerprint density at radius 3 is 2.69 bits per heavy atom. The van der Waals surface area contributed by atoms with Crippen LogP contribution in [0.1, 0.15) is 28.1 Å². The van der Waals surface area contributed by atoms with Crippen LogP contribution in [0.3, 0.4) is 0 Å². The van der Waals surface area contributed by atoms with Gasteiger partial charge in [-0.15, -0.1) is 0 Å². The Bertz CT molecular complexity index is 928. The lowest BCUT2D eigenvalue weighted by Crippen LogP contribution is -2.41. The van der Waals surface area contributed by atoms with E-state index in [4.69, 9.17) is 4.42 Å². The summed E-state index contributed by atoms with van der Waals surface area (Å²) in [5, 5.41) is 0.985. The van der Waals surface area contributed by atoms with Crippen LogP contribution in [-0.2, 0) is 13.0 Å². The number of para-hydroxylation sites is 1. The van der Waals surface area contributed by atoms with Crippen molar-refractivity contribution in [3.63, 3.8) is 0 Å². The first-order valence-electron chi connectivity index (χ1n) is 9.36. The van der Waals surface area contributed by atoms with Crippen molar-refractivity contribution < 1.29 is 9.21 Å². The number of fused-ring (bicyclic) bond motifs is 2. The van der Waals surface area contributed by atoms with Gasteiger partial charge in [-0.3, -0.25) is 9.69 Å². The van der Waals surface area contributed by atoms with E-state index in [1.54, 1.807) is 0 Å². The van der Waals surface area contributed by atoms with Crippen molar-refractivity contribution in [1.82, 2.24) is 9.80 Å². The first-order valence-corrected chi connectivity index (χ1v) is 9.36. The van der Waals surface area contributed by atoms with Crippen LogP contribution in [0.25, 0.3) is 11.0 Å². The van der Waals surface area contributed by atoms with E-state index in [-0.39, 0.29) is 5.91 Å². The van der Waals surface area contributed by atoms with Gasteiger partial charge >= 0.3 is 0 Å². The zero-order valence-corrected chi connectivity index (χ0v) is 14.7. The number of hydrogen-bond donors (Lipinski definition) is 0. The molecular formula is C22H22N2O2. The molecule has 3 heterocycles. The molecule has 3 aromatic rings. The summed E-state index contributed by atoms with van der Waals surface area (Å²) in [6.07, 6.45) is 2.14. The monoisotopic (exact) mass is 346 g/mol. The van der Waals surface area contributed by atoms with Crippen molar-refractivity contribution in [2.24, 2.45) is 0 Å². The molecule has 0 aliphatic carbocycles. The third kappa shape index (κ3) is 2.71. The molecule has 1 unspecified atom stereocenters. The molecule has 4 nitrogen and oxygen atoms in total. The second kappa shape index (κ2) is 6.29. The Kier molecular flexibility index (Phi) is 3.79. The molecule has 5 rings (SSSR count). The van der Waals surface area contributed by atoms with Crippen molar-refractivity contribution in [2.75, 3.05) is 19.6 Å². The Hall–Kier alpha value is -2.59. The third-order valence-electron chi connectivity index (χ3n) is 5.76. The molecule has 0 spiro atoms. The summed E-state index contributed by atoms with van der Waals surface area (Å²) in [5.41, 5.74) is 3.68. The highest BCUT2D eigenvalue weighted by Crippen LogP contribution is 2.26. The molecule has 1 fully saturated rings. The smallest absolute Gasteiger partial charge is 0.289 e. The molecule has 0 bridgehead atoms. The third-order valence-corrected chi connectivity index (χ3v) is 5.76. The minimum absolute atomic E-state index is 0.0149. The zero-order valence-electron chi connectivity index (χ0n) is 14.7. The molecule has 0 N–H and O–H groups in total. The molecule has 0 saturated carbocycles. The van der Waals surface area contributed by atoms with Crippen LogP contribution < -0.4 is 0 Å². The summed E-state index contributed by atoms with van der Waals surface area (Å²) in [5.74, 6) is 0.469. The van der Waals surface area contributed by atoms with Gasteiger partial charge in [0.25, 0.3) is 5.91 Å². The topological polar surface area (TPSA) is 36.7 Å². The first-order chi connectivity index (χ1) is 12.8. The normalized spacial score (nSPS) is 20.5. The highest BCUT2D eigenvalue weighted by atomic mass is 16.3. The number of likely N-dealkylation sites (tertiary alicyclic amines) is 1. The number of carbonyl (C=O) groups is 1. The Labute approximate surface area is 153 Å². The largest absolute Gasteiger partial charge is 0.451 e. The van der Waals surface area contributed by atoms with Gasteiger partial charge in [0.1, 0.15) is 5.58 Å². The fourth-order valence-electron chi connectivity index (χ4n) is 4.30. The Morgan fingerprint density at radius 2 is 1.81 bits per heavy atom. The van der Waals surface area contributed by atoms with Gasteiger partial charge in [-0.25, -0.2) is 0 Å². The standard InChI is InChI=1S/C22H22N2O2/c25-22(21-13-17-6-3-4-8-20(17)26-21)24-12-10-19(15-24)23-11-9-16-5-1-2-7-18(16)14-23/h1-8,13,19H,9-12,14-15H2. The molecule has 26 heavy (non-hydrogen) atoms. The number of carbonyl (C=O) groups excluding carboxylic acids is 1. The van der Waals surface area contributed by atoms with E-state index in [1.807, 2.05) is 35.2 Å². The second-order valence-electron chi connectivity index (χ2n) is 7.33. The summed E-state index contributed by atoms with van der Waals surface area (Å²) < 4.78 is 5.76. The van der Waals surface area contributed by atoms with Gasteiger partial charge in [0.2, 0.25) is 0 Å². The van der Waals surface area contributed by atoms with Gasteiger partial charge in [-0.2, -0.15) is 0 Å². The van der Waals surface area contributed by atoms with Crippen LogP contribution in [-0.4, -0.2) is 41.4 Å². The Morgan fingerprint density at radius 1 is 1.00 bits per heavy atom. The number of benzene rings is 2. The van der Waals surface area contributed by atoms with E-state index in [9.17, 15) is 4.79 Å². The van der Waals surface area contributed by atoms with Gasteiger partial charge in [0.15, 0.2) is 5.76 Å². The fraction of sp³-hybridized carbons (Fsp3) is 0.318. The molecule has 1 atom stereocenters. The average molecular weight is 346 g/mol. The van der Waals surface area contributed by atoms with Gasteiger partial charge in [0.05, 0.1) is 0 Å². The van der Waals surface area contributed by atoms with Crippen LogP contribution in [0.5, 0.6) is 0 Å². The highest BCUT2D eigenvalue weighted by Gasteiger charge is 2.33. The summed E-state index contributed by atoms with van der Waals surface area (Å²) >= 11 is 0. The van der Waals surface area contributed by atoms with E-state index in [1.165, 1.54) is 11.1 Å². The molecule has 0 radical (unpaired) electrons. The molecule has 2 aliphatic heterocycles. The van der Waals surface area contributed by atoms with Crippen LogP contribution in [0.15, 0.2) is 59.0 Å². The first kappa shape index (κ1) is 15.6. The minimum atomic E-state index is 0.0149. The SMILES string of the molecule is O=C(c1cc2ccccc2o1)N1CCC(N2CCc3ccccc3C2)C1. The summed E-state index contributed by atoms with van der Waals surface area (Å²) in [6, 6.07) is 18.8. The fourth-order valence-corrected chi connectivity index (χ4v) is 4.30. The van der Waals surface area contributed by atoms with Gasteiger partial charge < -0.3 is 9.32 Å². The summed E-state index contributed by atoms with van der Waals surface area (Å²) in [7, 11) is 0. The maximum atomic E-state index is 12.9. The molecule has 1 aromatic heterocycles. The van der Waals surface area contributed by atoms with Crippen LogP contribution >= 0.6 is 0 Å². The predicted octanol–water partition coefficient (Wildman–Crippen LogP) is 3.71. The number of rotatable bonds is 2. The molecule has 1 amide bonds. The van der Waals surface area contributed by atoms with E-state index < -0.39 is 0 Å². The van der Waals surface area contributed by atoms with Crippen molar-refractivity contribution in [3.05, 3.63) is 71.5 Å². The van der Waals surface area contributed by atoms with E-state index in [0.29, 0.717) is 11.8 Å². The Balaban J connectivity index is 1.29. The lowest BCUT2D eigenvalue weighted by Gasteiger charge is -2.33. The molecular weight excluding hydrogens is 324 g/mol. The lowest BCUT2D eigenvalue weighted by atomic mass is 9.98. The molecule has 1 saturated heterocycles. The van der Waals surface area contributed by atoms with E-state index >= 15 is 0 Å². The van der Waals surface area contributed by atoms with E-state index in [0.717, 1.165) is 50.0 Å². The molecule has 2 aromatic carbocycles. The highest BCUT2D eigenvalue weighted by molar-refractivity contribution is 5.96. The lowest BCUT2D eigenvalue weighted by molar-refractivity contribution is 0.0744. The number of furan rings is 1. The molecule has 132 valence electrons. The van der Waals surface area contributed by atoms with E-state index in [2.05, 4.69) is 29.2 Å². The zero-order chi connectivity index (χ0) is 17.5. The summed E-state index contributed by atoms with van der Waals surface area (Å²) in [6.45, 7) is 3.67. The van der Waals surface area contributed by atoms with Gasteiger partial charge in [-0.1, -0.05) is 42.5 Å². The minimum Gasteiger partial charge on any atom is -0.451 e. The predicted molar refractivity (Wildman–Crippen MR) is 101 cm³/mol. The van der Waals surface area contributed by atoms with Crippen LogP contribution in [0.2, 0.25) is 0 Å². The van der Waals surface area contributed by atoms with Crippen molar-refractivity contribution in [2.45, 2.75) is 25.4 Å². The van der Waals surface area contributed by atoms with Gasteiger partial charge in [0, 0.05) is 37.6 Å².